The third kappa shape index (κ3) is 2.31. The van der Waals surface area contributed by atoms with Crippen LogP contribution in [0.15, 0.2) is 29.3 Å². The molecule has 9 nitrogen and oxygen atoms in total. The minimum Gasteiger partial charge on any atom is -0.493 e. The van der Waals surface area contributed by atoms with Crippen molar-refractivity contribution in [2.45, 2.75) is 6.54 Å². The first-order valence-corrected chi connectivity index (χ1v) is 6.87. The fourth-order valence-corrected chi connectivity index (χ4v) is 2.50. The van der Waals surface area contributed by atoms with E-state index >= 15 is 0 Å². The Morgan fingerprint density at radius 1 is 1.39 bits per heavy atom. The van der Waals surface area contributed by atoms with Crippen molar-refractivity contribution in [1.29, 1.82) is 0 Å². The quantitative estimate of drug-likeness (QED) is 0.735. The largest absolute Gasteiger partial charge is 0.493 e. The van der Waals surface area contributed by atoms with Gasteiger partial charge < -0.3 is 18.8 Å². The molecule has 23 heavy (non-hydrogen) atoms. The Bertz CT molecular complexity index is 910. The molecule has 2 aromatic heterocycles. The predicted molar refractivity (Wildman–Crippen MR) is 78.6 cm³/mol. The van der Waals surface area contributed by atoms with Gasteiger partial charge >= 0.3 is 5.69 Å². The summed E-state index contributed by atoms with van der Waals surface area (Å²) >= 11 is 0. The molecule has 0 spiro atoms. The zero-order valence-corrected chi connectivity index (χ0v) is 12.2. The van der Waals surface area contributed by atoms with Crippen molar-refractivity contribution in [1.82, 2.24) is 24.7 Å². The molecular formula is C14H13N5O4. The summed E-state index contributed by atoms with van der Waals surface area (Å²) in [6.45, 7) is 0.545. The number of ether oxygens (including phenoxy) is 3. The van der Waals surface area contributed by atoms with E-state index in [2.05, 4.69) is 20.2 Å². The smallest absolute Gasteiger partial charge is 0.340 e. The molecule has 0 atom stereocenters. The van der Waals surface area contributed by atoms with Crippen LogP contribution in [0.1, 0.15) is 5.82 Å². The molecule has 0 saturated heterocycles. The molecule has 1 aliphatic heterocycles. The Balaban J connectivity index is 1.74. The summed E-state index contributed by atoms with van der Waals surface area (Å²) in [6.07, 6.45) is 3.48. The number of methoxy groups -OCH3 is 1. The van der Waals surface area contributed by atoms with Crippen molar-refractivity contribution in [2.75, 3.05) is 13.9 Å². The fraction of sp³-hybridized carbons (Fsp3) is 0.214. The first kappa shape index (κ1) is 13.4. The van der Waals surface area contributed by atoms with Crippen LogP contribution in [-0.2, 0) is 6.54 Å². The SMILES string of the molecule is COc1cc(-c2nccn2Cc2n[nH]c(=O)[nH]2)cc2c1OCO2. The topological polar surface area (TPSA) is 107 Å². The zero-order chi connectivity index (χ0) is 15.8. The number of aromatic amines is 2. The van der Waals surface area contributed by atoms with Crippen LogP contribution in [0.25, 0.3) is 11.4 Å². The van der Waals surface area contributed by atoms with Crippen LogP contribution >= 0.6 is 0 Å². The summed E-state index contributed by atoms with van der Waals surface area (Å²) in [7, 11) is 1.57. The van der Waals surface area contributed by atoms with E-state index < -0.39 is 0 Å². The van der Waals surface area contributed by atoms with Gasteiger partial charge in [0, 0.05) is 18.0 Å². The molecule has 2 N–H and O–H groups in total. The van der Waals surface area contributed by atoms with Crippen LogP contribution in [0.4, 0.5) is 0 Å². The number of rotatable bonds is 4. The number of benzene rings is 1. The number of aromatic nitrogens is 5. The molecule has 0 amide bonds. The molecule has 3 heterocycles. The third-order valence-corrected chi connectivity index (χ3v) is 3.50. The summed E-state index contributed by atoms with van der Waals surface area (Å²) < 4.78 is 18.0. The lowest BCUT2D eigenvalue weighted by molar-refractivity contribution is 0.171. The highest BCUT2D eigenvalue weighted by Crippen LogP contribution is 2.43. The van der Waals surface area contributed by atoms with E-state index in [0.717, 1.165) is 5.56 Å². The molecule has 0 radical (unpaired) electrons. The Kier molecular flexibility index (Phi) is 3.04. The maximum absolute atomic E-state index is 11.1. The van der Waals surface area contributed by atoms with Gasteiger partial charge in [0.25, 0.3) is 0 Å². The number of H-pyrrole nitrogens is 2. The Labute approximate surface area is 129 Å². The molecule has 1 aromatic carbocycles. The van der Waals surface area contributed by atoms with Crippen molar-refractivity contribution < 1.29 is 14.2 Å². The highest BCUT2D eigenvalue weighted by Gasteiger charge is 2.22. The number of nitrogens with one attached hydrogen (secondary N) is 2. The van der Waals surface area contributed by atoms with Crippen LogP contribution in [0, 0.1) is 0 Å². The van der Waals surface area contributed by atoms with Gasteiger partial charge in [-0.2, -0.15) is 5.10 Å². The van der Waals surface area contributed by atoms with E-state index in [1.54, 1.807) is 19.5 Å². The first-order chi connectivity index (χ1) is 11.2. The van der Waals surface area contributed by atoms with Gasteiger partial charge in [0.2, 0.25) is 12.5 Å². The second kappa shape index (κ2) is 5.20. The average molecular weight is 315 g/mol. The van der Waals surface area contributed by atoms with E-state index in [1.165, 1.54) is 0 Å². The number of nitrogens with zero attached hydrogens (tertiary/aromatic N) is 3. The second-order valence-corrected chi connectivity index (χ2v) is 4.92. The highest BCUT2D eigenvalue weighted by molar-refractivity contribution is 5.67. The Morgan fingerprint density at radius 3 is 3.09 bits per heavy atom. The Hall–Kier alpha value is -3.23. The summed E-state index contributed by atoms with van der Waals surface area (Å²) in [4.78, 5) is 18.1. The normalized spacial score (nSPS) is 12.6. The number of imidazole rings is 1. The summed E-state index contributed by atoms with van der Waals surface area (Å²) in [6, 6.07) is 3.68. The van der Waals surface area contributed by atoms with Gasteiger partial charge in [-0.1, -0.05) is 0 Å². The van der Waals surface area contributed by atoms with Crippen molar-refractivity contribution in [3.63, 3.8) is 0 Å². The van der Waals surface area contributed by atoms with Crippen molar-refractivity contribution in [3.05, 3.63) is 40.8 Å². The van der Waals surface area contributed by atoms with Gasteiger partial charge in [0.05, 0.1) is 13.7 Å². The molecule has 0 saturated carbocycles. The van der Waals surface area contributed by atoms with E-state index in [-0.39, 0.29) is 12.5 Å². The van der Waals surface area contributed by atoms with Crippen LogP contribution < -0.4 is 19.9 Å². The minimum absolute atomic E-state index is 0.165. The fourth-order valence-electron chi connectivity index (χ4n) is 2.50. The molecule has 0 aliphatic carbocycles. The van der Waals surface area contributed by atoms with Crippen LogP contribution in [0.5, 0.6) is 17.2 Å². The molecule has 4 rings (SSSR count). The van der Waals surface area contributed by atoms with Gasteiger partial charge in [0.15, 0.2) is 17.3 Å². The average Bonchev–Trinajstić information content (AvgIpc) is 3.27. The van der Waals surface area contributed by atoms with Gasteiger partial charge in [-0.3, -0.25) is 4.98 Å². The van der Waals surface area contributed by atoms with E-state index in [4.69, 9.17) is 14.2 Å². The zero-order valence-electron chi connectivity index (χ0n) is 12.2. The standard InChI is InChI=1S/C14H13N5O4/c1-21-9-4-8(5-10-12(9)23-7-22-10)13-15-2-3-19(13)6-11-16-14(20)18-17-11/h2-5H,6-7H2,1H3,(H2,16,17,18,20). The maximum atomic E-state index is 11.1. The van der Waals surface area contributed by atoms with Crippen molar-refractivity contribution >= 4 is 0 Å². The van der Waals surface area contributed by atoms with Crippen LogP contribution in [0.3, 0.4) is 0 Å². The first-order valence-electron chi connectivity index (χ1n) is 6.87. The van der Waals surface area contributed by atoms with E-state index in [1.807, 2.05) is 16.7 Å². The molecule has 3 aromatic rings. The third-order valence-electron chi connectivity index (χ3n) is 3.50. The monoisotopic (exact) mass is 315 g/mol. The number of hydrogen-bond acceptors (Lipinski definition) is 6. The van der Waals surface area contributed by atoms with Gasteiger partial charge in [0.1, 0.15) is 5.82 Å². The Morgan fingerprint density at radius 2 is 2.30 bits per heavy atom. The van der Waals surface area contributed by atoms with E-state index in [0.29, 0.717) is 35.4 Å². The van der Waals surface area contributed by atoms with Crippen molar-refractivity contribution in [2.24, 2.45) is 0 Å². The summed E-state index contributed by atoms with van der Waals surface area (Å²) in [5.74, 6) is 3.00. The predicted octanol–water partition coefficient (Wildman–Crippen LogP) is 0.747. The highest BCUT2D eigenvalue weighted by atomic mass is 16.7. The second-order valence-electron chi connectivity index (χ2n) is 4.92. The lowest BCUT2D eigenvalue weighted by Gasteiger charge is -2.09. The maximum Gasteiger partial charge on any atom is 0.340 e. The molecular weight excluding hydrogens is 302 g/mol. The van der Waals surface area contributed by atoms with Crippen molar-refractivity contribution in [3.8, 4) is 28.6 Å². The van der Waals surface area contributed by atoms with Gasteiger partial charge in [-0.05, 0) is 12.1 Å². The molecule has 118 valence electrons. The number of hydrogen-bond donors (Lipinski definition) is 2. The molecule has 0 bridgehead atoms. The molecule has 0 unspecified atom stereocenters. The van der Waals surface area contributed by atoms with Crippen LogP contribution in [-0.4, -0.2) is 38.6 Å². The minimum atomic E-state index is -0.341. The van der Waals surface area contributed by atoms with Gasteiger partial charge in [-0.15, -0.1) is 0 Å². The molecule has 1 aliphatic rings. The molecule has 9 heteroatoms. The molecule has 0 fully saturated rings. The van der Waals surface area contributed by atoms with Crippen LogP contribution in [0.2, 0.25) is 0 Å². The summed E-state index contributed by atoms with van der Waals surface area (Å²) in [5, 5.41) is 6.25. The van der Waals surface area contributed by atoms with Gasteiger partial charge in [-0.25, -0.2) is 14.9 Å². The summed E-state index contributed by atoms with van der Waals surface area (Å²) in [5.41, 5.74) is 0.473. The lowest BCUT2D eigenvalue weighted by Crippen LogP contribution is -2.05. The number of fused-ring (bicyclic) bond motifs is 1. The van der Waals surface area contributed by atoms with E-state index in [9.17, 15) is 4.79 Å². The lowest BCUT2D eigenvalue weighted by atomic mass is 10.1.